The van der Waals surface area contributed by atoms with E-state index in [4.69, 9.17) is 22.1 Å². The molecule has 0 spiro atoms. The highest BCUT2D eigenvalue weighted by Gasteiger charge is 2.10. The minimum atomic E-state index is -0.546. The van der Waals surface area contributed by atoms with Crippen LogP contribution in [0, 0.1) is 0 Å². The lowest BCUT2D eigenvalue weighted by molar-refractivity contribution is -0.120. The lowest BCUT2D eigenvalue weighted by Crippen LogP contribution is -2.19. The largest absolute Gasteiger partial charge is 0.484 e. The summed E-state index contributed by atoms with van der Waals surface area (Å²) in [6, 6.07) is 14.2. The molecule has 28 heavy (non-hydrogen) atoms. The van der Waals surface area contributed by atoms with Crippen molar-refractivity contribution < 1.29 is 14.3 Å². The molecule has 0 aliphatic rings. The van der Waals surface area contributed by atoms with Gasteiger partial charge < -0.3 is 10.5 Å². The Hall–Kier alpha value is -3.23. The molecule has 9 heteroatoms. The Bertz CT molecular complexity index is 1020. The second-order valence-corrected chi connectivity index (χ2v) is 6.92. The van der Waals surface area contributed by atoms with Gasteiger partial charge in [-0.05, 0) is 29.8 Å². The predicted octanol–water partition coefficient (Wildman–Crippen LogP) is 3.37. The summed E-state index contributed by atoms with van der Waals surface area (Å²) < 4.78 is 5.17. The molecular weight excluding hydrogens is 400 g/mol. The fourth-order valence-electron chi connectivity index (χ4n) is 2.17. The summed E-state index contributed by atoms with van der Waals surface area (Å²) in [5.74, 6) is -0.368. The summed E-state index contributed by atoms with van der Waals surface area (Å²) in [6.45, 7) is -0.185. The van der Waals surface area contributed by atoms with E-state index in [1.807, 2.05) is 18.2 Å². The zero-order valence-corrected chi connectivity index (χ0v) is 16.0. The summed E-state index contributed by atoms with van der Waals surface area (Å²) in [5.41, 5.74) is 6.57. The Labute approximate surface area is 169 Å². The Kier molecular flexibility index (Phi) is 6.36. The fourth-order valence-corrected chi connectivity index (χ4v) is 3.23. The number of anilines is 1. The number of rotatable bonds is 7. The van der Waals surface area contributed by atoms with Crippen molar-refractivity contribution in [3.8, 4) is 16.3 Å². The van der Waals surface area contributed by atoms with Crippen molar-refractivity contribution in [3.63, 3.8) is 0 Å². The van der Waals surface area contributed by atoms with Gasteiger partial charge in [-0.15, -0.1) is 10.2 Å². The zero-order chi connectivity index (χ0) is 19.9. The maximum atomic E-state index is 12.1. The van der Waals surface area contributed by atoms with E-state index in [9.17, 15) is 9.59 Å². The van der Waals surface area contributed by atoms with E-state index in [1.165, 1.54) is 17.4 Å². The maximum absolute atomic E-state index is 12.1. The normalized spacial score (nSPS) is 10.8. The number of primary amides is 1. The molecule has 0 aliphatic carbocycles. The van der Waals surface area contributed by atoms with Crippen LogP contribution < -0.4 is 15.8 Å². The molecule has 3 aromatic rings. The molecule has 7 nitrogen and oxygen atoms in total. The van der Waals surface area contributed by atoms with Crippen molar-refractivity contribution >= 4 is 46.0 Å². The summed E-state index contributed by atoms with van der Waals surface area (Å²) >= 11 is 7.38. The van der Waals surface area contributed by atoms with Crippen molar-refractivity contribution in [1.82, 2.24) is 10.2 Å². The number of hydrogen-bond acceptors (Lipinski definition) is 6. The van der Waals surface area contributed by atoms with Crippen LogP contribution in [0.5, 0.6) is 5.75 Å². The van der Waals surface area contributed by atoms with Gasteiger partial charge in [0, 0.05) is 11.6 Å². The SMILES string of the molecule is NC(=O)COc1ccc(/C=C/C(=O)Nc2nnc(-c3ccccc3Cl)s2)cc1. The Morgan fingerprint density at radius 3 is 2.61 bits per heavy atom. The first-order valence-corrected chi connectivity index (χ1v) is 9.29. The number of nitrogens with two attached hydrogens (primary N) is 1. The van der Waals surface area contributed by atoms with Crippen molar-refractivity contribution in [2.45, 2.75) is 0 Å². The monoisotopic (exact) mass is 414 g/mol. The molecule has 3 N–H and O–H groups in total. The van der Waals surface area contributed by atoms with Crippen LogP contribution in [0.3, 0.4) is 0 Å². The first-order chi connectivity index (χ1) is 13.5. The van der Waals surface area contributed by atoms with Crippen LogP contribution in [-0.2, 0) is 9.59 Å². The first-order valence-electron chi connectivity index (χ1n) is 8.10. The topological polar surface area (TPSA) is 107 Å². The third kappa shape index (κ3) is 5.38. The quantitative estimate of drug-likeness (QED) is 0.576. The summed E-state index contributed by atoms with van der Waals surface area (Å²) in [5, 5.41) is 12.3. The average Bonchev–Trinajstić information content (AvgIpc) is 3.14. The molecule has 0 fully saturated rings. The molecule has 0 saturated carbocycles. The number of nitrogens with zero attached hydrogens (tertiary/aromatic N) is 2. The van der Waals surface area contributed by atoms with Crippen LogP contribution >= 0.6 is 22.9 Å². The van der Waals surface area contributed by atoms with Gasteiger partial charge >= 0.3 is 0 Å². The van der Waals surface area contributed by atoms with Crippen LogP contribution in [0.15, 0.2) is 54.6 Å². The number of nitrogens with one attached hydrogen (secondary N) is 1. The van der Waals surface area contributed by atoms with Gasteiger partial charge in [-0.3, -0.25) is 14.9 Å². The van der Waals surface area contributed by atoms with E-state index >= 15 is 0 Å². The van der Waals surface area contributed by atoms with Crippen molar-refractivity contribution in [2.24, 2.45) is 5.73 Å². The lowest BCUT2D eigenvalue weighted by atomic mass is 10.2. The molecule has 0 aliphatic heterocycles. The molecule has 0 atom stereocenters. The molecule has 0 radical (unpaired) electrons. The average molecular weight is 415 g/mol. The van der Waals surface area contributed by atoms with Crippen molar-refractivity contribution in [1.29, 1.82) is 0 Å². The van der Waals surface area contributed by atoms with Gasteiger partial charge in [0.2, 0.25) is 11.0 Å². The molecule has 142 valence electrons. The summed E-state index contributed by atoms with van der Waals surface area (Å²) in [6.07, 6.45) is 3.03. The molecular formula is C19H15ClN4O3S. The second-order valence-electron chi connectivity index (χ2n) is 5.54. The van der Waals surface area contributed by atoms with E-state index in [1.54, 1.807) is 36.4 Å². The van der Waals surface area contributed by atoms with E-state index < -0.39 is 5.91 Å². The molecule has 1 aromatic heterocycles. The smallest absolute Gasteiger partial charge is 0.255 e. The van der Waals surface area contributed by atoms with Crippen LogP contribution in [0.1, 0.15) is 5.56 Å². The van der Waals surface area contributed by atoms with Gasteiger partial charge in [0.25, 0.3) is 5.91 Å². The number of carbonyl (C=O) groups excluding carboxylic acids is 2. The lowest BCUT2D eigenvalue weighted by Gasteiger charge is -2.03. The maximum Gasteiger partial charge on any atom is 0.255 e. The van der Waals surface area contributed by atoms with Gasteiger partial charge in [0.15, 0.2) is 11.6 Å². The molecule has 1 heterocycles. The van der Waals surface area contributed by atoms with Gasteiger partial charge in [-0.2, -0.15) is 0 Å². The third-order valence-electron chi connectivity index (χ3n) is 3.45. The molecule has 3 rings (SSSR count). The molecule has 2 aromatic carbocycles. The van der Waals surface area contributed by atoms with Crippen LogP contribution in [0.4, 0.5) is 5.13 Å². The highest BCUT2D eigenvalue weighted by atomic mass is 35.5. The third-order valence-corrected chi connectivity index (χ3v) is 4.65. The number of amides is 2. The molecule has 0 unspecified atom stereocenters. The van der Waals surface area contributed by atoms with Crippen LogP contribution in [-0.4, -0.2) is 28.6 Å². The Morgan fingerprint density at radius 2 is 1.89 bits per heavy atom. The molecule has 0 bridgehead atoms. The van der Waals surface area contributed by atoms with Gasteiger partial charge in [0.1, 0.15) is 5.75 Å². The second kappa shape index (κ2) is 9.12. The van der Waals surface area contributed by atoms with Gasteiger partial charge in [0.05, 0.1) is 5.02 Å². The molecule has 2 amide bonds. The highest BCUT2D eigenvalue weighted by molar-refractivity contribution is 7.18. The van der Waals surface area contributed by atoms with E-state index in [-0.39, 0.29) is 12.5 Å². The molecule has 0 saturated heterocycles. The van der Waals surface area contributed by atoms with Crippen molar-refractivity contribution in [3.05, 3.63) is 65.2 Å². The summed E-state index contributed by atoms with van der Waals surface area (Å²) in [4.78, 5) is 22.8. The van der Waals surface area contributed by atoms with E-state index in [0.717, 1.165) is 11.1 Å². The number of halogens is 1. The predicted molar refractivity (Wildman–Crippen MR) is 109 cm³/mol. The Balaban J connectivity index is 1.58. The number of hydrogen-bond donors (Lipinski definition) is 2. The number of ether oxygens (including phenoxy) is 1. The number of benzene rings is 2. The number of carbonyl (C=O) groups is 2. The highest BCUT2D eigenvalue weighted by Crippen LogP contribution is 2.31. The zero-order valence-electron chi connectivity index (χ0n) is 14.5. The minimum absolute atomic E-state index is 0.185. The van der Waals surface area contributed by atoms with Gasteiger partial charge in [-0.1, -0.05) is 53.3 Å². The van der Waals surface area contributed by atoms with Crippen LogP contribution in [0.2, 0.25) is 5.02 Å². The standard InChI is InChI=1S/C19H15ClN4O3S/c20-15-4-2-1-3-14(15)18-23-24-19(28-18)22-17(26)10-7-12-5-8-13(9-6-12)27-11-16(21)25/h1-10H,11H2,(H2,21,25)(H,22,24,26)/b10-7+. The summed E-state index contributed by atoms with van der Waals surface area (Å²) in [7, 11) is 0. The fraction of sp³-hybridized carbons (Fsp3) is 0.0526. The van der Waals surface area contributed by atoms with Crippen LogP contribution in [0.25, 0.3) is 16.6 Å². The van der Waals surface area contributed by atoms with E-state index in [2.05, 4.69) is 15.5 Å². The van der Waals surface area contributed by atoms with E-state index in [0.29, 0.717) is 20.9 Å². The van der Waals surface area contributed by atoms with Crippen molar-refractivity contribution in [2.75, 3.05) is 11.9 Å². The number of aromatic nitrogens is 2. The minimum Gasteiger partial charge on any atom is -0.484 e. The first kappa shape index (κ1) is 19.5. The van der Waals surface area contributed by atoms with Gasteiger partial charge in [-0.25, -0.2) is 0 Å². The Morgan fingerprint density at radius 1 is 1.14 bits per heavy atom.